The van der Waals surface area contributed by atoms with E-state index in [2.05, 4.69) is 0 Å². The first-order valence-corrected chi connectivity index (χ1v) is 6.26. The van der Waals surface area contributed by atoms with Crippen molar-refractivity contribution >= 4 is 11.9 Å². The highest BCUT2D eigenvalue weighted by Crippen LogP contribution is 2.20. The van der Waals surface area contributed by atoms with Gasteiger partial charge in [0.05, 0.1) is 13.2 Å². The highest BCUT2D eigenvalue weighted by atomic mass is 16.6. The molecule has 5 nitrogen and oxygen atoms in total. The minimum Gasteiger partial charge on any atom is -0.465 e. The molecular weight excluding hydrogens is 246 g/mol. The zero-order chi connectivity index (χ0) is 14.3. The molecule has 1 rings (SSSR count). The Morgan fingerprint density at radius 2 is 1.53 bits per heavy atom. The predicted molar refractivity (Wildman–Crippen MR) is 70.3 cm³/mol. The van der Waals surface area contributed by atoms with Gasteiger partial charge in [-0.1, -0.05) is 24.3 Å². The average molecular weight is 265 g/mol. The SMILES string of the molecule is CCOC(=O)C(C(=O)OCC)c1ccc(CN)cc1. The fraction of sp³-hybridized carbons (Fsp3) is 0.429. The Kier molecular flexibility index (Phi) is 6.02. The molecule has 0 unspecified atom stereocenters. The average Bonchev–Trinajstić information content (AvgIpc) is 2.40. The monoisotopic (exact) mass is 265 g/mol. The molecule has 5 heteroatoms. The lowest BCUT2D eigenvalue weighted by molar-refractivity contribution is -0.156. The van der Waals surface area contributed by atoms with Gasteiger partial charge in [-0.2, -0.15) is 0 Å². The first kappa shape index (κ1) is 15.2. The molecule has 0 fully saturated rings. The molecule has 0 heterocycles. The molecule has 0 atom stereocenters. The number of esters is 2. The number of rotatable bonds is 6. The van der Waals surface area contributed by atoms with Crippen LogP contribution in [0.15, 0.2) is 24.3 Å². The van der Waals surface area contributed by atoms with Crippen LogP contribution in [0, 0.1) is 0 Å². The van der Waals surface area contributed by atoms with Crippen molar-refractivity contribution in [1.82, 2.24) is 0 Å². The maximum Gasteiger partial charge on any atom is 0.324 e. The molecule has 0 spiro atoms. The summed E-state index contributed by atoms with van der Waals surface area (Å²) in [6, 6.07) is 6.95. The third-order valence-corrected chi connectivity index (χ3v) is 2.59. The van der Waals surface area contributed by atoms with E-state index < -0.39 is 17.9 Å². The van der Waals surface area contributed by atoms with Gasteiger partial charge < -0.3 is 15.2 Å². The van der Waals surface area contributed by atoms with Gasteiger partial charge in [0, 0.05) is 6.54 Å². The van der Waals surface area contributed by atoms with Gasteiger partial charge >= 0.3 is 11.9 Å². The lowest BCUT2D eigenvalue weighted by Gasteiger charge is -2.15. The Morgan fingerprint density at radius 1 is 1.05 bits per heavy atom. The van der Waals surface area contributed by atoms with Gasteiger partial charge in [-0.25, -0.2) is 0 Å². The first-order valence-electron chi connectivity index (χ1n) is 6.26. The van der Waals surface area contributed by atoms with Crippen LogP contribution in [0.3, 0.4) is 0 Å². The molecule has 1 aromatic rings. The summed E-state index contributed by atoms with van der Waals surface area (Å²) < 4.78 is 9.84. The minimum atomic E-state index is -1.04. The maximum absolute atomic E-state index is 11.9. The number of hydrogen-bond acceptors (Lipinski definition) is 5. The molecule has 0 saturated carbocycles. The van der Waals surface area contributed by atoms with Crippen LogP contribution in [0.5, 0.6) is 0 Å². The first-order chi connectivity index (χ1) is 9.13. The number of benzene rings is 1. The van der Waals surface area contributed by atoms with Crippen molar-refractivity contribution in [2.75, 3.05) is 13.2 Å². The maximum atomic E-state index is 11.9. The van der Waals surface area contributed by atoms with Crippen LogP contribution in [0.4, 0.5) is 0 Å². The van der Waals surface area contributed by atoms with Crippen molar-refractivity contribution in [3.63, 3.8) is 0 Å². The van der Waals surface area contributed by atoms with Crippen molar-refractivity contribution in [3.05, 3.63) is 35.4 Å². The smallest absolute Gasteiger partial charge is 0.324 e. The second kappa shape index (κ2) is 7.53. The number of carbonyl (C=O) groups excluding carboxylic acids is 2. The topological polar surface area (TPSA) is 78.6 Å². The number of hydrogen-bond donors (Lipinski definition) is 1. The second-order valence-electron chi connectivity index (χ2n) is 3.88. The standard InChI is InChI=1S/C14H19NO4/c1-3-18-13(16)12(14(17)19-4-2)11-7-5-10(9-15)6-8-11/h5-8,12H,3-4,9,15H2,1-2H3. The highest BCUT2D eigenvalue weighted by Gasteiger charge is 2.31. The second-order valence-corrected chi connectivity index (χ2v) is 3.88. The van der Waals surface area contributed by atoms with E-state index in [1.807, 2.05) is 0 Å². The summed E-state index contributed by atoms with van der Waals surface area (Å²) in [6.45, 7) is 4.23. The molecule has 0 amide bonds. The molecule has 0 aliphatic carbocycles. The zero-order valence-electron chi connectivity index (χ0n) is 11.2. The van der Waals surface area contributed by atoms with Crippen molar-refractivity contribution in [1.29, 1.82) is 0 Å². The van der Waals surface area contributed by atoms with E-state index in [1.54, 1.807) is 38.1 Å². The van der Waals surface area contributed by atoms with Crippen molar-refractivity contribution in [2.24, 2.45) is 5.73 Å². The summed E-state index contributed by atoms with van der Waals surface area (Å²) in [4.78, 5) is 23.7. The Labute approximate surface area is 112 Å². The summed E-state index contributed by atoms with van der Waals surface area (Å²) in [5, 5.41) is 0. The van der Waals surface area contributed by atoms with Crippen LogP contribution < -0.4 is 5.73 Å². The van der Waals surface area contributed by atoms with Crippen LogP contribution in [-0.4, -0.2) is 25.2 Å². The molecule has 1 aromatic carbocycles. The van der Waals surface area contributed by atoms with Crippen molar-refractivity contribution < 1.29 is 19.1 Å². The van der Waals surface area contributed by atoms with E-state index in [9.17, 15) is 9.59 Å². The van der Waals surface area contributed by atoms with Gasteiger partial charge in [0.2, 0.25) is 0 Å². The molecule has 0 aromatic heterocycles. The fourth-order valence-electron chi connectivity index (χ4n) is 1.67. The van der Waals surface area contributed by atoms with Gasteiger partial charge in [-0.05, 0) is 25.0 Å². The summed E-state index contributed by atoms with van der Waals surface area (Å²) in [5.74, 6) is -2.23. The van der Waals surface area contributed by atoms with Crippen LogP contribution in [0.2, 0.25) is 0 Å². The number of ether oxygens (including phenoxy) is 2. The predicted octanol–water partition coefficient (Wildman–Crippen LogP) is 1.36. The Balaban J connectivity index is 3.00. The molecular formula is C14H19NO4. The summed E-state index contributed by atoms with van der Waals surface area (Å²) >= 11 is 0. The number of carbonyl (C=O) groups is 2. The quantitative estimate of drug-likeness (QED) is 0.620. The van der Waals surface area contributed by atoms with E-state index in [1.165, 1.54) is 0 Å². The van der Waals surface area contributed by atoms with Crippen LogP contribution >= 0.6 is 0 Å². The summed E-state index contributed by atoms with van der Waals surface area (Å²) in [7, 11) is 0. The Hall–Kier alpha value is -1.88. The van der Waals surface area contributed by atoms with Gasteiger partial charge in [0.15, 0.2) is 5.92 Å². The van der Waals surface area contributed by atoms with E-state index in [-0.39, 0.29) is 13.2 Å². The van der Waals surface area contributed by atoms with Gasteiger partial charge in [0.1, 0.15) is 0 Å². The van der Waals surface area contributed by atoms with E-state index in [0.29, 0.717) is 12.1 Å². The van der Waals surface area contributed by atoms with Crippen LogP contribution in [0.1, 0.15) is 30.9 Å². The lowest BCUT2D eigenvalue weighted by Crippen LogP contribution is -2.26. The molecule has 0 radical (unpaired) electrons. The minimum absolute atomic E-state index is 0.218. The fourth-order valence-corrected chi connectivity index (χ4v) is 1.67. The molecule has 2 N–H and O–H groups in total. The molecule has 19 heavy (non-hydrogen) atoms. The van der Waals surface area contributed by atoms with Crippen molar-refractivity contribution in [3.8, 4) is 0 Å². The largest absolute Gasteiger partial charge is 0.465 e. The van der Waals surface area contributed by atoms with Crippen molar-refractivity contribution in [2.45, 2.75) is 26.3 Å². The normalized spacial score (nSPS) is 10.3. The third-order valence-electron chi connectivity index (χ3n) is 2.59. The van der Waals surface area contributed by atoms with Crippen LogP contribution in [0.25, 0.3) is 0 Å². The van der Waals surface area contributed by atoms with Gasteiger partial charge in [-0.3, -0.25) is 9.59 Å². The lowest BCUT2D eigenvalue weighted by atomic mass is 9.98. The zero-order valence-corrected chi connectivity index (χ0v) is 11.2. The van der Waals surface area contributed by atoms with E-state index in [4.69, 9.17) is 15.2 Å². The van der Waals surface area contributed by atoms with E-state index >= 15 is 0 Å². The molecule has 0 bridgehead atoms. The summed E-state index contributed by atoms with van der Waals surface area (Å²) in [5.41, 5.74) is 6.98. The Bertz CT molecular complexity index is 410. The molecule has 104 valence electrons. The third kappa shape index (κ3) is 4.06. The Morgan fingerprint density at radius 3 is 1.89 bits per heavy atom. The highest BCUT2D eigenvalue weighted by molar-refractivity contribution is 6.00. The molecule has 0 aliphatic heterocycles. The van der Waals surface area contributed by atoms with Gasteiger partial charge in [-0.15, -0.1) is 0 Å². The number of nitrogens with two attached hydrogens (primary N) is 1. The summed E-state index contributed by atoms with van der Waals surface area (Å²) in [6.07, 6.45) is 0. The van der Waals surface area contributed by atoms with Crippen LogP contribution in [-0.2, 0) is 25.6 Å². The van der Waals surface area contributed by atoms with Gasteiger partial charge in [0.25, 0.3) is 0 Å². The van der Waals surface area contributed by atoms with E-state index in [0.717, 1.165) is 5.56 Å². The molecule has 0 aliphatic rings. The molecule has 0 saturated heterocycles.